The molecule has 0 radical (unpaired) electrons. The lowest BCUT2D eigenvalue weighted by molar-refractivity contribution is -0.121. The van der Waals surface area contributed by atoms with Gasteiger partial charge in [-0.3, -0.25) is 9.59 Å². The van der Waals surface area contributed by atoms with Gasteiger partial charge in [0, 0.05) is 30.8 Å². The highest BCUT2D eigenvalue weighted by molar-refractivity contribution is 5.79. The first-order valence-electron chi connectivity index (χ1n) is 8.36. The van der Waals surface area contributed by atoms with E-state index in [1.807, 2.05) is 24.3 Å². The number of rotatable bonds is 5. The van der Waals surface area contributed by atoms with Gasteiger partial charge in [0.25, 0.3) is 5.56 Å². The van der Waals surface area contributed by atoms with Gasteiger partial charge in [0.05, 0.1) is 25.4 Å². The lowest BCUT2D eigenvalue weighted by atomic mass is 10.0. The maximum Gasteiger partial charge on any atom is 0.266 e. The van der Waals surface area contributed by atoms with Crippen LogP contribution in [0, 0.1) is 0 Å². The minimum atomic E-state index is -0.204. The first kappa shape index (κ1) is 17.0. The number of aromatic nitrogens is 2. The Morgan fingerprint density at radius 1 is 1.36 bits per heavy atom. The van der Waals surface area contributed by atoms with E-state index < -0.39 is 0 Å². The van der Waals surface area contributed by atoms with Crippen LogP contribution in [-0.2, 0) is 11.2 Å². The maximum atomic E-state index is 12.3. The largest absolute Gasteiger partial charge is 0.496 e. The van der Waals surface area contributed by atoms with Crippen molar-refractivity contribution in [2.75, 3.05) is 25.1 Å². The van der Waals surface area contributed by atoms with Crippen LogP contribution in [0.5, 0.6) is 5.75 Å². The first-order chi connectivity index (χ1) is 12.2. The van der Waals surface area contributed by atoms with E-state index in [1.54, 1.807) is 19.4 Å². The molecule has 132 valence electrons. The van der Waals surface area contributed by atoms with Gasteiger partial charge in [0.1, 0.15) is 5.75 Å². The van der Waals surface area contributed by atoms with Crippen molar-refractivity contribution >= 4 is 11.6 Å². The van der Waals surface area contributed by atoms with Crippen molar-refractivity contribution in [2.45, 2.75) is 25.3 Å². The van der Waals surface area contributed by atoms with E-state index in [2.05, 4.69) is 20.4 Å². The third kappa shape index (κ3) is 4.37. The summed E-state index contributed by atoms with van der Waals surface area (Å²) in [5.41, 5.74) is 1.50. The molecule has 25 heavy (non-hydrogen) atoms. The van der Waals surface area contributed by atoms with E-state index in [1.165, 1.54) is 0 Å². The summed E-state index contributed by atoms with van der Waals surface area (Å²) < 4.78 is 5.29. The van der Waals surface area contributed by atoms with E-state index in [9.17, 15) is 9.59 Å². The smallest absolute Gasteiger partial charge is 0.266 e. The minimum absolute atomic E-state index is 0.000715. The predicted octanol–water partition coefficient (Wildman–Crippen LogP) is 1.11. The number of hydrogen-bond acceptors (Lipinski definition) is 5. The molecule has 1 saturated heterocycles. The Morgan fingerprint density at radius 2 is 2.12 bits per heavy atom. The van der Waals surface area contributed by atoms with Gasteiger partial charge in [-0.1, -0.05) is 18.2 Å². The third-order valence-corrected chi connectivity index (χ3v) is 4.42. The Bertz CT molecular complexity index is 782. The van der Waals surface area contributed by atoms with E-state index >= 15 is 0 Å². The molecule has 0 spiro atoms. The Kier molecular flexibility index (Phi) is 5.33. The summed E-state index contributed by atoms with van der Waals surface area (Å²) in [7, 11) is 1.61. The summed E-state index contributed by atoms with van der Waals surface area (Å²) in [4.78, 5) is 25.8. The Morgan fingerprint density at radius 3 is 2.84 bits per heavy atom. The summed E-state index contributed by atoms with van der Waals surface area (Å²) >= 11 is 0. The Hall–Kier alpha value is -2.83. The number of piperidine rings is 1. The van der Waals surface area contributed by atoms with Crippen molar-refractivity contribution in [1.29, 1.82) is 0 Å². The predicted molar refractivity (Wildman–Crippen MR) is 94.9 cm³/mol. The highest BCUT2D eigenvalue weighted by Gasteiger charge is 2.21. The first-order valence-corrected chi connectivity index (χ1v) is 8.36. The number of nitrogens with one attached hydrogen (secondary N) is 2. The lowest BCUT2D eigenvalue weighted by Crippen LogP contribution is -2.45. The zero-order chi connectivity index (χ0) is 17.6. The number of carbonyl (C=O) groups excluding carboxylic acids is 1. The molecule has 0 atom stereocenters. The van der Waals surface area contributed by atoms with E-state index in [4.69, 9.17) is 4.74 Å². The van der Waals surface area contributed by atoms with Crippen molar-refractivity contribution in [3.8, 4) is 5.75 Å². The number of para-hydroxylation sites is 1. The van der Waals surface area contributed by atoms with Gasteiger partial charge in [0.2, 0.25) is 5.91 Å². The van der Waals surface area contributed by atoms with Crippen molar-refractivity contribution in [3.63, 3.8) is 0 Å². The Labute approximate surface area is 146 Å². The van der Waals surface area contributed by atoms with Crippen LogP contribution in [0.15, 0.2) is 41.3 Å². The number of benzene rings is 1. The average Bonchev–Trinajstić information content (AvgIpc) is 2.63. The number of aromatic amines is 1. The van der Waals surface area contributed by atoms with E-state index in [0.717, 1.165) is 42.9 Å². The zero-order valence-corrected chi connectivity index (χ0v) is 14.2. The standard InChI is InChI=1S/C18H22N4O3/c1-25-16-5-3-2-4-13(16)10-17(23)20-14-6-8-22(9-7-14)15-11-18(24)21-19-12-15/h2-5,11-12,14H,6-10H2,1H3,(H,20,23)(H,21,24). The van der Waals surface area contributed by atoms with Crippen LogP contribution in [0.3, 0.4) is 0 Å². The molecule has 3 rings (SSSR count). The molecule has 2 N–H and O–H groups in total. The molecule has 0 unspecified atom stereocenters. The zero-order valence-electron chi connectivity index (χ0n) is 14.2. The molecule has 2 heterocycles. The Balaban J connectivity index is 1.52. The fourth-order valence-electron chi connectivity index (χ4n) is 3.12. The summed E-state index contributed by atoms with van der Waals surface area (Å²) in [6.07, 6.45) is 3.64. The highest BCUT2D eigenvalue weighted by atomic mass is 16.5. The van der Waals surface area contributed by atoms with Crippen molar-refractivity contribution in [2.24, 2.45) is 0 Å². The molecule has 0 saturated carbocycles. The van der Waals surface area contributed by atoms with Crippen molar-refractivity contribution < 1.29 is 9.53 Å². The van der Waals surface area contributed by atoms with Gasteiger partial charge in [0.15, 0.2) is 0 Å². The van der Waals surface area contributed by atoms with Gasteiger partial charge >= 0.3 is 0 Å². The monoisotopic (exact) mass is 342 g/mol. The van der Waals surface area contributed by atoms with Gasteiger partial charge in [-0.15, -0.1) is 0 Å². The molecular weight excluding hydrogens is 320 g/mol. The number of carbonyl (C=O) groups is 1. The molecule has 1 aliphatic rings. The third-order valence-electron chi connectivity index (χ3n) is 4.42. The van der Waals surface area contributed by atoms with Gasteiger partial charge in [-0.05, 0) is 18.9 Å². The van der Waals surface area contributed by atoms with Gasteiger partial charge in [-0.25, -0.2) is 5.10 Å². The molecule has 1 aromatic heterocycles. The molecule has 1 aromatic carbocycles. The van der Waals surface area contributed by atoms with Crippen LogP contribution in [0.4, 0.5) is 5.69 Å². The molecule has 1 aliphatic heterocycles. The van der Waals surface area contributed by atoms with Crippen LogP contribution >= 0.6 is 0 Å². The maximum absolute atomic E-state index is 12.3. The molecule has 0 bridgehead atoms. The van der Waals surface area contributed by atoms with Gasteiger partial charge < -0.3 is 15.0 Å². The van der Waals surface area contributed by atoms with Crippen molar-refractivity contribution in [3.05, 3.63) is 52.4 Å². The number of H-pyrrole nitrogens is 1. The summed E-state index contributed by atoms with van der Waals surface area (Å²) in [5.74, 6) is 0.732. The fraction of sp³-hybridized carbons (Fsp3) is 0.389. The van der Waals surface area contributed by atoms with Crippen LogP contribution < -0.4 is 20.5 Å². The quantitative estimate of drug-likeness (QED) is 0.850. The van der Waals surface area contributed by atoms with Crippen molar-refractivity contribution in [1.82, 2.24) is 15.5 Å². The van der Waals surface area contributed by atoms with Crippen LogP contribution in [-0.4, -0.2) is 42.3 Å². The van der Waals surface area contributed by atoms with Crippen LogP contribution in [0.2, 0.25) is 0 Å². The molecule has 2 aromatic rings. The number of nitrogens with zero attached hydrogens (tertiary/aromatic N) is 2. The van der Waals surface area contributed by atoms with Crippen LogP contribution in [0.1, 0.15) is 18.4 Å². The second-order valence-corrected chi connectivity index (χ2v) is 6.12. The summed E-state index contributed by atoms with van der Waals surface area (Å²) in [5, 5.41) is 9.31. The molecule has 1 fully saturated rings. The fourth-order valence-corrected chi connectivity index (χ4v) is 3.12. The molecule has 7 heteroatoms. The molecule has 7 nitrogen and oxygen atoms in total. The lowest BCUT2D eigenvalue weighted by Gasteiger charge is -2.33. The topological polar surface area (TPSA) is 87.3 Å². The number of methoxy groups -OCH3 is 1. The van der Waals surface area contributed by atoms with Crippen LogP contribution in [0.25, 0.3) is 0 Å². The summed E-state index contributed by atoms with van der Waals surface area (Å²) in [6, 6.07) is 9.25. The van der Waals surface area contributed by atoms with Gasteiger partial charge in [-0.2, -0.15) is 5.10 Å². The highest BCUT2D eigenvalue weighted by Crippen LogP contribution is 2.19. The summed E-state index contributed by atoms with van der Waals surface area (Å²) in [6.45, 7) is 1.56. The second-order valence-electron chi connectivity index (χ2n) is 6.12. The van der Waals surface area contributed by atoms with E-state index in [-0.39, 0.29) is 17.5 Å². The molecular formula is C18H22N4O3. The number of hydrogen-bond donors (Lipinski definition) is 2. The normalized spacial score (nSPS) is 15.0. The minimum Gasteiger partial charge on any atom is -0.496 e. The second kappa shape index (κ2) is 7.83. The number of amides is 1. The molecule has 1 amide bonds. The average molecular weight is 342 g/mol. The number of anilines is 1. The number of ether oxygens (including phenoxy) is 1. The molecule has 0 aliphatic carbocycles. The SMILES string of the molecule is COc1ccccc1CC(=O)NC1CCN(c2cn[nH]c(=O)c2)CC1. The van der Waals surface area contributed by atoms with E-state index in [0.29, 0.717) is 6.42 Å².